The quantitative estimate of drug-likeness (QED) is 0.381. The molecule has 0 saturated heterocycles. The average Bonchev–Trinajstić information content (AvgIpc) is 1.99. The van der Waals surface area contributed by atoms with Gasteiger partial charge in [0.25, 0.3) is 0 Å². The molecule has 0 unspecified atom stereocenters. The van der Waals surface area contributed by atoms with Crippen LogP contribution in [0.2, 0.25) is 0 Å². The van der Waals surface area contributed by atoms with Gasteiger partial charge < -0.3 is 20.0 Å². The highest BCUT2D eigenvalue weighted by atomic mass is 31.1. The van der Waals surface area contributed by atoms with Crippen LogP contribution < -0.4 is 0 Å². The Kier molecular flexibility index (Phi) is 10.6. The fourth-order valence-electron chi connectivity index (χ4n) is 0. The maximum absolute atomic E-state index is 10.6. The van der Waals surface area contributed by atoms with Gasteiger partial charge in [0, 0.05) is 0 Å². The van der Waals surface area contributed by atoms with Crippen molar-refractivity contribution in [1.29, 1.82) is 0 Å². The molecule has 0 aromatic heterocycles. The Labute approximate surface area is 94.2 Å². The zero-order valence-corrected chi connectivity index (χ0v) is 8.78. The largest absolute Gasteiger partial charge is 0.490 e. The second kappa shape index (κ2) is 8.72. The lowest BCUT2D eigenvalue weighted by molar-refractivity contribution is -0.193. The minimum Gasteiger partial charge on any atom is -0.475 e. The summed E-state index contributed by atoms with van der Waals surface area (Å²) in [6.07, 6.45) is -10.2. The summed E-state index contributed by atoms with van der Waals surface area (Å²) in [5.74, 6) is -5.51. The van der Waals surface area contributed by atoms with Gasteiger partial charge in [-0.3, -0.25) is 4.57 Å². The normalized spacial score (nSPS) is 10.7. The van der Waals surface area contributed by atoms with Crippen molar-refractivity contribution in [2.24, 2.45) is 0 Å². The number of alkyl halides is 6. The topological polar surface area (TPSA) is 132 Å². The molecule has 4 N–H and O–H groups in total. The molecule has 18 heavy (non-hydrogen) atoms. The van der Waals surface area contributed by atoms with Gasteiger partial charge >= 0.3 is 32.5 Å². The maximum Gasteiger partial charge on any atom is 0.490 e. The van der Waals surface area contributed by atoms with E-state index in [1.165, 1.54) is 0 Å². The Morgan fingerprint density at radius 1 is 0.778 bits per heavy atom. The summed E-state index contributed by atoms with van der Waals surface area (Å²) in [6, 6.07) is 0. The Balaban J connectivity index is -0.000000196. The van der Waals surface area contributed by atoms with Gasteiger partial charge in [-0.15, -0.1) is 0 Å². The monoisotopic (exact) mass is 310 g/mol. The van der Waals surface area contributed by atoms with E-state index in [1.54, 1.807) is 0 Å². The van der Waals surface area contributed by atoms with Gasteiger partial charge in [-0.25, -0.2) is 9.59 Å². The first-order valence-corrected chi connectivity index (χ1v) is 4.44. The van der Waals surface area contributed by atoms with Crippen LogP contribution in [0, 0.1) is 0 Å². The zero-order chi connectivity index (χ0) is 15.7. The Morgan fingerprint density at radius 3 is 0.833 bits per heavy atom. The van der Waals surface area contributed by atoms with Crippen LogP contribution in [0.3, 0.4) is 0 Å². The lowest BCUT2D eigenvalue weighted by Gasteiger charge is -1.93. The summed E-state index contributed by atoms with van der Waals surface area (Å²) < 4.78 is 72.2. The summed E-state index contributed by atoms with van der Waals surface area (Å²) in [5, 5.41) is 14.2. The highest BCUT2D eigenvalue weighted by Gasteiger charge is 2.38. The minimum atomic E-state index is -5.08. The van der Waals surface area contributed by atoms with E-state index in [0.717, 1.165) is 0 Å². The number of carboxylic acids is 2. The van der Waals surface area contributed by atoms with E-state index in [-0.39, 0.29) is 0 Å². The predicted octanol–water partition coefficient (Wildman–Crippen LogP) is 0.627. The molecular formula is C4H5F6O7P. The summed E-state index contributed by atoms with van der Waals surface area (Å²) in [7, 11) is -3.13. The molecule has 0 rings (SSSR count). The molecule has 7 nitrogen and oxygen atoms in total. The molecule has 0 aromatic carbocycles. The number of hydrogen-bond acceptors (Lipinski definition) is 3. The second-order valence-corrected chi connectivity index (χ2v) is 2.45. The SMILES string of the molecule is O=C(O)C(F)(F)F.O=C(O)C(F)(F)F.O=[PH](O)O. The van der Waals surface area contributed by atoms with Crippen LogP contribution in [0.4, 0.5) is 26.3 Å². The number of carbonyl (C=O) groups is 2. The molecule has 0 spiro atoms. The van der Waals surface area contributed by atoms with Crippen molar-refractivity contribution in [2.75, 3.05) is 0 Å². The van der Waals surface area contributed by atoms with Crippen molar-refractivity contribution in [1.82, 2.24) is 0 Å². The van der Waals surface area contributed by atoms with Gasteiger partial charge in [0.05, 0.1) is 0 Å². The van der Waals surface area contributed by atoms with Crippen LogP contribution in [0.15, 0.2) is 0 Å². The fraction of sp³-hybridized carbons (Fsp3) is 0.500. The molecule has 0 radical (unpaired) electrons. The first kappa shape index (κ1) is 21.9. The number of rotatable bonds is 0. The summed E-state index contributed by atoms with van der Waals surface area (Å²) >= 11 is 0. The van der Waals surface area contributed by atoms with Crippen LogP contribution in [-0.4, -0.2) is 44.3 Å². The molecule has 0 aliphatic heterocycles. The Hall–Kier alpha value is -1.33. The van der Waals surface area contributed by atoms with Gasteiger partial charge in [0.15, 0.2) is 0 Å². The van der Waals surface area contributed by atoms with Crippen LogP contribution in [0.1, 0.15) is 0 Å². The van der Waals surface area contributed by atoms with E-state index in [2.05, 4.69) is 0 Å². The molecule has 0 aliphatic rings. The summed E-state index contributed by atoms with van der Waals surface area (Å²) in [5.41, 5.74) is 0. The number of hydrogen-bond donors (Lipinski definition) is 4. The molecule has 0 saturated carbocycles. The summed E-state index contributed by atoms with van der Waals surface area (Å²) in [4.78, 5) is 32.1. The van der Waals surface area contributed by atoms with Gasteiger partial charge in [-0.1, -0.05) is 0 Å². The summed E-state index contributed by atoms with van der Waals surface area (Å²) in [6.45, 7) is 0. The molecule has 0 amide bonds. The minimum absolute atomic E-state index is 2.76. The molecule has 0 aromatic rings. The van der Waals surface area contributed by atoms with Gasteiger partial charge in [-0.2, -0.15) is 26.3 Å². The third-order valence-electron chi connectivity index (χ3n) is 0.485. The highest BCUT2D eigenvalue weighted by molar-refractivity contribution is 7.30. The van der Waals surface area contributed by atoms with Crippen LogP contribution in [0.5, 0.6) is 0 Å². The zero-order valence-electron chi connectivity index (χ0n) is 7.78. The third-order valence-corrected chi connectivity index (χ3v) is 0.485. The smallest absolute Gasteiger partial charge is 0.475 e. The van der Waals surface area contributed by atoms with Crippen molar-refractivity contribution in [3.63, 3.8) is 0 Å². The number of halogens is 6. The van der Waals surface area contributed by atoms with E-state index in [1.807, 2.05) is 0 Å². The molecular weight excluding hydrogens is 305 g/mol. The molecule has 0 atom stereocenters. The van der Waals surface area contributed by atoms with Crippen LogP contribution in [0.25, 0.3) is 0 Å². The first-order chi connectivity index (χ1) is 7.62. The molecule has 0 aliphatic carbocycles. The van der Waals surface area contributed by atoms with Gasteiger partial charge in [-0.05, 0) is 0 Å². The Bertz CT molecular complexity index is 267. The Morgan fingerprint density at radius 2 is 0.833 bits per heavy atom. The van der Waals surface area contributed by atoms with Crippen molar-refractivity contribution in [2.45, 2.75) is 12.4 Å². The number of aliphatic carboxylic acids is 2. The van der Waals surface area contributed by atoms with Crippen molar-refractivity contribution < 1.29 is 60.5 Å². The number of carboxylic acid groups (broad SMARTS) is 2. The lowest BCUT2D eigenvalue weighted by atomic mass is 10.7. The van der Waals surface area contributed by atoms with E-state index in [4.69, 9.17) is 34.2 Å². The standard InChI is InChI=1S/2C2HF3O2.H3O3P/c2*3-2(4,5)1(6)7;1-4(2)3/h2*(H,6,7);4H,(H2,1,2,3). The van der Waals surface area contributed by atoms with Crippen LogP contribution in [-0.2, 0) is 14.2 Å². The maximum atomic E-state index is 10.6. The first-order valence-electron chi connectivity index (χ1n) is 3.14. The second-order valence-electron chi connectivity index (χ2n) is 1.89. The van der Waals surface area contributed by atoms with Gasteiger partial charge in [0.1, 0.15) is 0 Å². The molecule has 0 heterocycles. The van der Waals surface area contributed by atoms with E-state index < -0.39 is 32.5 Å². The van der Waals surface area contributed by atoms with E-state index in [9.17, 15) is 26.3 Å². The van der Waals surface area contributed by atoms with Crippen molar-refractivity contribution in [3.8, 4) is 0 Å². The molecule has 14 heteroatoms. The molecule has 0 fully saturated rings. The fourth-order valence-corrected chi connectivity index (χ4v) is 0. The lowest BCUT2D eigenvalue weighted by Crippen LogP contribution is -2.21. The molecule has 0 bridgehead atoms. The molecule has 110 valence electrons. The van der Waals surface area contributed by atoms with Crippen molar-refractivity contribution >= 4 is 20.2 Å². The third kappa shape index (κ3) is 24.1. The predicted molar refractivity (Wildman–Crippen MR) is 40.8 cm³/mol. The average molecular weight is 310 g/mol. The van der Waals surface area contributed by atoms with Crippen molar-refractivity contribution in [3.05, 3.63) is 0 Å². The highest BCUT2D eigenvalue weighted by Crippen LogP contribution is 2.13. The van der Waals surface area contributed by atoms with Gasteiger partial charge in [0.2, 0.25) is 0 Å². The van der Waals surface area contributed by atoms with E-state index in [0.29, 0.717) is 0 Å². The van der Waals surface area contributed by atoms with Crippen LogP contribution >= 0.6 is 8.25 Å². The van der Waals surface area contributed by atoms with E-state index >= 15 is 0 Å².